The second kappa shape index (κ2) is 5.56. The van der Waals surface area contributed by atoms with Gasteiger partial charge in [0.05, 0.1) is 10.5 Å². The highest BCUT2D eigenvalue weighted by molar-refractivity contribution is 7.90. The summed E-state index contributed by atoms with van der Waals surface area (Å²) < 4.78 is 39.7. The number of rotatable bonds is 2. The van der Waals surface area contributed by atoms with Crippen LogP contribution in [0.15, 0.2) is 26.9 Å². The zero-order valence-corrected chi connectivity index (χ0v) is 13.8. The summed E-state index contributed by atoms with van der Waals surface area (Å²) in [4.78, 5) is 15.3. The zero-order chi connectivity index (χ0) is 15.9. The van der Waals surface area contributed by atoms with Crippen LogP contribution >= 0.6 is 34.5 Å². The summed E-state index contributed by atoms with van der Waals surface area (Å²) in [6.45, 7) is 0. The lowest BCUT2D eigenvalue weighted by Gasteiger charge is -2.09. The van der Waals surface area contributed by atoms with Crippen molar-refractivity contribution in [2.24, 2.45) is 12.0 Å². The van der Waals surface area contributed by atoms with Gasteiger partial charge in [-0.15, -0.1) is 11.3 Å². The van der Waals surface area contributed by atoms with Crippen LogP contribution < -0.4 is 11.2 Å². The van der Waals surface area contributed by atoms with E-state index in [4.69, 9.17) is 23.2 Å². The van der Waals surface area contributed by atoms with Crippen LogP contribution in [0.2, 0.25) is 8.67 Å². The first-order valence-corrected chi connectivity index (χ1v) is 8.32. The smallest absolute Gasteiger partial charge is 0.278 e. The summed E-state index contributed by atoms with van der Waals surface area (Å²) in [7, 11) is -1.86. The van der Waals surface area contributed by atoms with Gasteiger partial charge in [-0.1, -0.05) is 23.2 Å². The lowest BCUT2D eigenvalue weighted by Crippen LogP contribution is -2.42. The highest BCUT2D eigenvalue weighted by Gasteiger charge is 2.26. The molecular formula is C10H8Cl2FN3O3S2. The monoisotopic (exact) mass is 371 g/mol. The number of halogens is 3. The van der Waals surface area contributed by atoms with Crippen molar-refractivity contribution in [2.45, 2.75) is 4.90 Å². The zero-order valence-electron chi connectivity index (χ0n) is 10.7. The third kappa shape index (κ3) is 2.66. The summed E-state index contributed by atoms with van der Waals surface area (Å²) in [5.74, 6) is -0.958. The lowest BCUT2D eigenvalue weighted by atomic mass is 10.6. The van der Waals surface area contributed by atoms with Gasteiger partial charge < -0.3 is 0 Å². The second-order valence-electron chi connectivity index (χ2n) is 3.86. The highest BCUT2D eigenvalue weighted by Crippen LogP contribution is 2.34. The van der Waals surface area contributed by atoms with Crippen LogP contribution in [0.3, 0.4) is 0 Å². The Morgan fingerprint density at radius 1 is 1.38 bits per heavy atom. The minimum absolute atomic E-state index is 0.112. The number of nitrogens with zero attached hydrogens (tertiary/aromatic N) is 3. The van der Waals surface area contributed by atoms with Gasteiger partial charge in [0.25, 0.3) is 10.0 Å². The average molecular weight is 372 g/mol. The Hall–Kier alpha value is -1.16. The molecule has 2 aromatic heterocycles. The van der Waals surface area contributed by atoms with Gasteiger partial charge in [-0.2, -0.15) is 3.97 Å². The maximum Gasteiger partial charge on any atom is 0.343 e. The Morgan fingerprint density at radius 2 is 2.00 bits per heavy atom. The summed E-state index contributed by atoms with van der Waals surface area (Å²) in [6, 6.07) is 1.10. The van der Waals surface area contributed by atoms with Gasteiger partial charge in [-0.25, -0.2) is 17.6 Å². The molecule has 2 aromatic rings. The van der Waals surface area contributed by atoms with Crippen molar-refractivity contribution in [1.82, 2.24) is 8.54 Å². The van der Waals surface area contributed by atoms with E-state index < -0.39 is 21.5 Å². The molecular weight excluding hydrogens is 364 g/mol. The fourth-order valence-corrected chi connectivity index (χ4v) is 5.03. The highest BCUT2D eigenvalue weighted by atomic mass is 35.5. The van der Waals surface area contributed by atoms with E-state index in [1.807, 2.05) is 0 Å². The average Bonchev–Trinajstić information content (AvgIpc) is 2.74. The molecule has 0 spiro atoms. The molecule has 2 heterocycles. The minimum Gasteiger partial charge on any atom is -0.278 e. The Morgan fingerprint density at radius 3 is 2.48 bits per heavy atom. The van der Waals surface area contributed by atoms with E-state index in [1.54, 1.807) is 0 Å². The van der Waals surface area contributed by atoms with Crippen LogP contribution in [0.25, 0.3) is 0 Å². The first kappa shape index (κ1) is 16.2. The molecule has 0 bridgehead atoms. The normalized spacial score (nSPS) is 12.9. The van der Waals surface area contributed by atoms with E-state index in [0.29, 0.717) is 6.20 Å². The number of hydrogen-bond acceptors (Lipinski definition) is 5. The van der Waals surface area contributed by atoms with Gasteiger partial charge in [-0.05, 0) is 6.07 Å². The first-order chi connectivity index (χ1) is 9.70. The van der Waals surface area contributed by atoms with Crippen molar-refractivity contribution < 1.29 is 12.8 Å². The van der Waals surface area contributed by atoms with Crippen LogP contribution in [0, 0.1) is 5.82 Å². The molecule has 0 atom stereocenters. The standard InChI is InChI=1S/C10H8Cl2FN3O3S2/c1-14-9-5(13)4-16(10(17)15(9)2)21(18,19)6-3-7(11)20-8(6)12/h3-4H,1-2H3. The molecule has 114 valence electrons. The Balaban J connectivity index is 2.85. The summed E-state index contributed by atoms with van der Waals surface area (Å²) >= 11 is 12.3. The molecule has 0 fully saturated rings. The molecule has 0 N–H and O–H groups in total. The molecule has 0 amide bonds. The fourth-order valence-electron chi connectivity index (χ4n) is 1.65. The van der Waals surface area contributed by atoms with Crippen molar-refractivity contribution in [3.05, 3.63) is 42.7 Å². The topological polar surface area (TPSA) is 73.4 Å². The van der Waals surface area contributed by atoms with Gasteiger partial charge in [0.2, 0.25) is 0 Å². The van der Waals surface area contributed by atoms with Crippen LogP contribution in [0.4, 0.5) is 4.39 Å². The molecule has 11 heteroatoms. The minimum atomic E-state index is -4.35. The van der Waals surface area contributed by atoms with Crippen molar-refractivity contribution in [3.8, 4) is 0 Å². The van der Waals surface area contributed by atoms with Crippen LogP contribution in [0.1, 0.15) is 0 Å². The first-order valence-electron chi connectivity index (χ1n) is 5.31. The molecule has 0 radical (unpaired) electrons. The van der Waals surface area contributed by atoms with Crippen LogP contribution in [0.5, 0.6) is 0 Å². The molecule has 2 rings (SSSR count). The van der Waals surface area contributed by atoms with E-state index in [0.717, 1.165) is 22.0 Å². The Bertz CT molecular complexity index is 943. The molecule has 0 saturated carbocycles. The van der Waals surface area contributed by atoms with Gasteiger partial charge in [0.15, 0.2) is 11.3 Å². The Labute approximate surface area is 132 Å². The summed E-state index contributed by atoms with van der Waals surface area (Å²) in [5, 5.41) is 0. The van der Waals surface area contributed by atoms with Gasteiger partial charge >= 0.3 is 5.69 Å². The lowest BCUT2D eigenvalue weighted by molar-refractivity contribution is 0.537. The van der Waals surface area contributed by atoms with Gasteiger partial charge in [0, 0.05) is 14.1 Å². The van der Waals surface area contributed by atoms with Crippen LogP contribution in [-0.4, -0.2) is 24.0 Å². The predicted octanol–water partition coefficient (Wildman–Crippen LogP) is 1.46. The predicted molar refractivity (Wildman–Crippen MR) is 78.0 cm³/mol. The third-order valence-corrected chi connectivity index (χ3v) is 6.00. The maximum absolute atomic E-state index is 13.8. The second-order valence-corrected chi connectivity index (χ2v) is 7.92. The molecule has 0 saturated heterocycles. The Kier molecular flexibility index (Phi) is 4.29. The molecule has 0 aliphatic heterocycles. The number of thiophene rings is 1. The fraction of sp³-hybridized carbons (Fsp3) is 0.200. The number of aromatic nitrogens is 2. The van der Waals surface area contributed by atoms with E-state index in [-0.39, 0.29) is 23.0 Å². The molecule has 21 heavy (non-hydrogen) atoms. The van der Waals surface area contributed by atoms with Gasteiger partial charge in [0.1, 0.15) is 9.23 Å². The number of hydrogen-bond donors (Lipinski definition) is 0. The molecule has 0 aliphatic carbocycles. The van der Waals surface area contributed by atoms with Crippen molar-refractivity contribution in [3.63, 3.8) is 0 Å². The summed E-state index contributed by atoms with van der Waals surface area (Å²) in [6.07, 6.45) is 0.557. The molecule has 0 aliphatic rings. The van der Waals surface area contributed by atoms with Crippen molar-refractivity contribution in [1.29, 1.82) is 0 Å². The van der Waals surface area contributed by atoms with E-state index >= 15 is 0 Å². The summed E-state index contributed by atoms with van der Waals surface area (Å²) in [5.41, 5.74) is -1.24. The van der Waals surface area contributed by atoms with E-state index in [1.165, 1.54) is 14.1 Å². The van der Waals surface area contributed by atoms with E-state index in [9.17, 15) is 17.6 Å². The molecule has 6 nitrogen and oxygen atoms in total. The third-order valence-electron chi connectivity index (χ3n) is 2.61. The largest absolute Gasteiger partial charge is 0.343 e. The van der Waals surface area contributed by atoms with E-state index in [2.05, 4.69) is 4.99 Å². The molecule has 0 aromatic carbocycles. The van der Waals surface area contributed by atoms with Crippen molar-refractivity contribution in [2.75, 3.05) is 7.05 Å². The van der Waals surface area contributed by atoms with Crippen molar-refractivity contribution >= 4 is 44.6 Å². The molecule has 0 unspecified atom stereocenters. The quantitative estimate of drug-likeness (QED) is 0.801. The van der Waals surface area contributed by atoms with Gasteiger partial charge in [-0.3, -0.25) is 9.56 Å². The maximum atomic E-state index is 13.8. The SMILES string of the molecule is CN=c1c(F)cn(S(=O)(=O)c2cc(Cl)sc2Cl)c(=O)n1C. The van der Waals surface area contributed by atoms with Crippen LogP contribution in [-0.2, 0) is 17.1 Å².